The molecule has 1 N–H and O–H groups in total. The molecule has 36 heavy (non-hydrogen) atoms. The van der Waals surface area contributed by atoms with Crippen LogP contribution in [-0.2, 0) is 28.3 Å². The summed E-state index contributed by atoms with van der Waals surface area (Å²) in [6.45, 7) is 5.92. The van der Waals surface area contributed by atoms with Crippen molar-refractivity contribution in [3.8, 4) is 0 Å². The minimum absolute atomic E-state index is 0.137. The van der Waals surface area contributed by atoms with Gasteiger partial charge in [-0.25, -0.2) is 0 Å². The molecule has 0 radical (unpaired) electrons. The fraction of sp³-hybridized carbons (Fsp3) is 0.310. The normalized spacial score (nSPS) is 12.1. The largest absolute Gasteiger partial charge is 0.350 e. The Bertz CT molecular complexity index is 1130. The third kappa shape index (κ3) is 8.58. The molecule has 1 atom stereocenters. The van der Waals surface area contributed by atoms with Crippen LogP contribution in [0.25, 0.3) is 0 Å². The summed E-state index contributed by atoms with van der Waals surface area (Å²) in [5.74, 6) is 0.573. The number of rotatable bonds is 10. The number of nitrogens with one attached hydrogen (secondary N) is 1. The van der Waals surface area contributed by atoms with E-state index in [0.717, 1.165) is 11.1 Å². The van der Waals surface area contributed by atoms with Gasteiger partial charge >= 0.3 is 0 Å². The van der Waals surface area contributed by atoms with Crippen molar-refractivity contribution in [3.05, 3.63) is 106 Å². The predicted octanol–water partition coefficient (Wildman–Crippen LogP) is 6.78. The molecule has 2 amide bonds. The van der Waals surface area contributed by atoms with E-state index < -0.39 is 11.6 Å². The van der Waals surface area contributed by atoms with Gasteiger partial charge in [0.2, 0.25) is 11.8 Å². The van der Waals surface area contributed by atoms with Crippen LogP contribution in [0, 0.1) is 0 Å². The van der Waals surface area contributed by atoms with Crippen LogP contribution in [0.5, 0.6) is 0 Å². The second kappa shape index (κ2) is 13.2. The first-order valence-corrected chi connectivity index (χ1v) is 13.7. The molecule has 3 rings (SSSR count). The van der Waals surface area contributed by atoms with E-state index in [1.165, 1.54) is 11.8 Å². The van der Waals surface area contributed by atoms with Crippen molar-refractivity contribution in [2.45, 2.75) is 51.1 Å². The minimum atomic E-state index is -0.733. The lowest BCUT2D eigenvalue weighted by molar-refractivity contribution is -0.140. The number of halogens is 2. The highest BCUT2D eigenvalue weighted by Crippen LogP contribution is 2.28. The molecule has 0 spiro atoms. The standard InChI is InChI=1S/C29H32Cl2N2O2S/c1-29(2,3)32-28(35)26(17-21-11-6-4-7-12-21)33(18-23-24(30)15-10-16-25(23)31)27(34)20-36-19-22-13-8-5-9-14-22/h4-16,26H,17-20H2,1-3H3,(H,32,35). The molecule has 0 fully saturated rings. The van der Waals surface area contributed by atoms with Crippen molar-refractivity contribution in [3.63, 3.8) is 0 Å². The fourth-order valence-corrected chi connectivity index (χ4v) is 5.16. The van der Waals surface area contributed by atoms with Crippen LogP contribution in [0.1, 0.15) is 37.5 Å². The van der Waals surface area contributed by atoms with E-state index in [0.29, 0.717) is 27.8 Å². The Labute approximate surface area is 228 Å². The van der Waals surface area contributed by atoms with Crippen LogP contribution >= 0.6 is 35.0 Å². The topological polar surface area (TPSA) is 49.4 Å². The summed E-state index contributed by atoms with van der Waals surface area (Å²) in [5, 5.41) is 4.00. The van der Waals surface area contributed by atoms with Gasteiger partial charge in [-0.2, -0.15) is 0 Å². The Kier molecular flexibility index (Phi) is 10.3. The van der Waals surface area contributed by atoms with Crippen LogP contribution in [0.4, 0.5) is 0 Å². The van der Waals surface area contributed by atoms with Gasteiger partial charge in [-0.05, 0) is 44.0 Å². The zero-order valence-electron chi connectivity index (χ0n) is 20.8. The van der Waals surface area contributed by atoms with Gasteiger partial charge in [-0.1, -0.05) is 89.9 Å². The van der Waals surface area contributed by atoms with Gasteiger partial charge in [0.05, 0.1) is 5.75 Å². The Hall–Kier alpha value is -2.47. The summed E-state index contributed by atoms with van der Waals surface area (Å²) in [5.41, 5.74) is 2.28. The van der Waals surface area contributed by atoms with Crippen LogP contribution in [0.2, 0.25) is 10.0 Å². The van der Waals surface area contributed by atoms with E-state index >= 15 is 0 Å². The number of amides is 2. The minimum Gasteiger partial charge on any atom is -0.350 e. The van der Waals surface area contributed by atoms with Gasteiger partial charge in [-0.3, -0.25) is 9.59 Å². The molecule has 3 aromatic carbocycles. The van der Waals surface area contributed by atoms with Gasteiger partial charge in [0.25, 0.3) is 0 Å². The molecule has 7 heteroatoms. The quantitative estimate of drug-likeness (QED) is 0.307. The highest BCUT2D eigenvalue weighted by atomic mass is 35.5. The molecule has 0 heterocycles. The van der Waals surface area contributed by atoms with Crippen molar-refractivity contribution in [2.24, 2.45) is 0 Å². The van der Waals surface area contributed by atoms with E-state index in [-0.39, 0.29) is 24.1 Å². The van der Waals surface area contributed by atoms with Gasteiger partial charge in [-0.15, -0.1) is 11.8 Å². The number of hydrogen-bond donors (Lipinski definition) is 1. The molecular formula is C29H32Cl2N2O2S. The van der Waals surface area contributed by atoms with E-state index in [9.17, 15) is 9.59 Å². The first kappa shape index (κ1) is 28.1. The van der Waals surface area contributed by atoms with Crippen molar-refractivity contribution in [1.82, 2.24) is 10.2 Å². The summed E-state index contributed by atoms with van der Waals surface area (Å²) in [4.78, 5) is 28.9. The Balaban J connectivity index is 1.92. The van der Waals surface area contributed by atoms with Crippen molar-refractivity contribution in [2.75, 3.05) is 5.75 Å². The molecule has 0 saturated carbocycles. The number of nitrogens with zero attached hydrogens (tertiary/aromatic N) is 1. The molecule has 0 saturated heterocycles. The third-order valence-electron chi connectivity index (χ3n) is 5.50. The smallest absolute Gasteiger partial charge is 0.243 e. The lowest BCUT2D eigenvalue weighted by Crippen LogP contribution is -2.54. The molecule has 0 aliphatic heterocycles. The number of carbonyl (C=O) groups excluding carboxylic acids is 2. The summed E-state index contributed by atoms with van der Waals surface area (Å²) in [6, 6.07) is 24.3. The van der Waals surface area contributed by atoms with Crippen molar-refractivity contribution in [1.29, 1.82) is 0 Å². The SMILES string of the molecule is CC(C)(C)NC(=O)C(Cc1ccccc1)N(Cc1c(Cl)cccc1Cl)C(=O)CSCc1ccccc1. The van der Waals surface area contributed by atoms with Crippen molar-refractivity contribution >= 4 is 46.8 Å². The first-order chi connectivity index (χ1) is 17.1. The maximum atomic E-state index is 13.7. The fourth-order valence-electron chi connectivity index (χ4n) is 3.77. The monoisotopic (exact) mass is 542 g/mol. The Morgan fingerprint density at radius 1 is 0.861 bits per heavy atom. The average Bonchev–Trinajstić information content (AvgIpc) is 2.83. The lowest BCUT2D eigenvalue weighted by atomic mass is 10.0. The zero-order chi connectivity index (χ0) is 26.1. The molecule has 0 bridgehead atoms. The van der Waals surface area contributed by atoms with E-state index in [2.05, 4.69) is 5.32 Å². The highest BCUT2D eigenvalue weighted by Gasteiger charge is 2.32. The predicted molar refractivity (Wildman–Crippen MR) is 151 cm³/mol. The molecule has 3 aromatic rings. The van der Waals surface area contributed by atoms with Gasteiger partial charge in [0.15, 0.2) is 0 Å². The lowest BCUT2D eigenvalue weighted by Gasteiger charge is -2.34. The second-order valence-electron chi connectivity index (χ2n) is 9.65. The van der Waals surface area contributed by atoms with Gasteiger partial charge in [0, 0.05) is 39.9 Å². The van der Waals surface area contributed by atoms with Crippen LogP contribution in [-0.4, -0.2) is 34.0 Å². The molecular weight excluding hydrogens is 511 g/mol. The van der Waals surface area contributed by atoms with E-state index in [4.69, 9.17) is 23.2 Å². The van der Waals surface area contributed by atoms with E-state index in [1.54, 1.807) is 23.1 Å². The van der Waals surface area contributed by atoms with Crippen LogP contribution in [0.3, 0.4) is 0 Å². The number of thioether (sulfide) groups is 1. The van der Waals surface area contributed by atoms with Gasteiger partial charge < -0.3 is 10.2 Å². The first-order valence-electron chi connectivity index (χ1n) is 11.8. The zero-order valence-corrected chi connectivity index (χ0v) is 23.2. The maximum Gasteiger partial charge on any atom is 0.243 e. The highest BCUT2D eigenvalue weighted by molar-refractivity contribution is 7.99. The second-order valence-corrected chi connectivity index (χ2v) is 11.4. The summed E-state index contributed by atoms with van der Waals surface area (Å²) in [6.07, 6.45) is 0.375. The van der Waals surface area contributed by atoms with Crippen LogP contribution < -0.4 is 5.32 Å². The summed E-state index contributed by atoms with van der Waals surface area (Å²) < 4.78 is 0. The Morgan fingerprint density at radius 2 is 1.42 bits per heavy atom. The molecule has 0 aliphatic rings. The third-order valence-corrected chi connectivity index (χ3v) is 7.19. The molecule has 190 valence electrons. The Morgan fingerprint density at radius 3 is 1.97 bits per heavy atom. The molecule has 1 unspecified atom stereocenters. The summed E-state index contributed by atoms with van der Waals surface area (Å²) in [7, 11) is 0. The number of benzene rings is 3. The molecule has 4 nitrogen and oxygen atoms in total. The maximum absolute atomic E-state index is 13.7. The number of hydrogen-bond acceptors (Lipinski definition) is 3. The van der Waals surface area contributed by atoms with Gasteiger partial charge in [0.1, 0.15) is 6.04 Å². The van der Waals surface area contributed by atoms with E-state index in [1.807, 2.05) is 81.4 Å². The number of carbonyl (C=O) groups is 2. The molecule has 0 aromatic heterocycles. The average molecular weight is 544 g/mol. The summed E-state index contributed by atoms with van der Waals surface area (Å²) >= 11 is 14.5. The van der Waals surface area contributed by atoms with Crippen molar-refractivity contribution < 1.29 is 9.59 Å². The van der Waals surface area contributed by atoms with Crippen LogP contribution in [0.15, 0.2) is 78.9 Å². The molecule has 0 aliphatic carbocycles.